The molecule has 2 aliphatic rings. The van der Waals surface area contributed by atoms with Crippen molar-refractivity contribution in [3.63, 3.8) is 0 Å². The molecule has 25 heavy (non-hydrogen) atoms. The predicted molar refractivity (Wildman–Crippen MR) is 92.1 cm³/mol. The largest absolute Gasteiger partial charge is 0.486 e. The zero-order valence-corrected chi connectivity index (χ0v) is 14.1. The molecule has 2 aliphatic heterocycles. The molecule has 0 spiro atoms. The fraction of sp³-hybridized carbons (Fsp3) is 0.316. The van der Waals surface area contributed by atoms with E-state index in [1.54, 1.807) is 26.0 Å². The maximum Gasteiger partial charge on any atom is 0.268 e. The first-order valence-corrected chi connectivity index (χ1v) is 8.16. The highest BCUT2D eigenvalue weighted by molar-refractivity contribution is 6.00. The Balaban J connectivity index is 1.79. The van der Waals surface area contributed by atoms with Crippen LogP contribution < -0.4 is 19.5 Å². The number of fused-ring (bicyclic) bond motifs is 2. The molecule has 0 aliphatic carbocycles. The Morgan fingerprint density at radius 3 is 2.52 bits per heavy atom. The van der Waals surface area contributed by atoms with Crippen molar-refractivity contribution in [3.05, 3.63) is 35.9 Å². The lowest BCUT2D eigenvalue weighted by atomic mass is 9.97. The van der Waals surface area contributed by atoms with E-state index in [-0.39, 0.29) is 12.5 Å². The Hall–Kier alpha value is -2.73. The van der Waals surface area contributed by atoms with Crippen molar-refractivity contribution < 1.29 is 24.1 Å². The van der Waals surface area contributed by atoms with E-state index in [1.165, 1.54) is 0 Å². The van der Waals surface area contributed by atoms with Gasteiger partial charge in [-0.3, -0.25) is 4.79 Å². The fourth-order valence-electron chi connectivity index (χ4n) is 3.00. The van der Waals surface area contributed by atoms with E-state index >= 15 is 0 Å². The summed E-state index contributed by atoms with van der Waals surface area (Å²) in [6.07, 6.45) is 0. The third-order valence-electron chi connectivity index (χ3n) is 4.39. The molecule has 2 aromatic carbocycles. The number of benzene rings is 2. The van der Waals surface area contributed by atoms with Gasteiger partial charge in [0.1, 0.15) is 19.0 Å². The smallest absolute Gasteiger partial charge is 0.268 e. The summed E-state index contributed by atoms with van der Waals surface area (Å²) in [6.45, 7) is 4.33. The van der Waals surface area contributed by atoms with Gasteiger partial charge in [0.2, 0.25) is 0 Å². The summed E-state index contributed by atoms with van der Waals surface area (Å²) in [5, 5.41) is 12.6. The van der Waals surface area contributed by atoms with Crippen LogP contribution in [-0.2, 0) is 11.4 Å². The van der Waals surface area contributed by atoms with Crippen LogP contribution in [0.2, 0.25) is 0 Å². The van der Waals surface area contributed by atoms with E-state index in [1.807, 2.05) is 18.2 Å². The number of anilines is 1. The zero-order chi connectivity index (χ0) is 17.6. The molecule has 0 saturated heterocycles. The molecule has 0 aromatic heterocycles. The van der Waals surface area contributed by atoms with Gasteiger partial charge in [0.25, 0.3) is 5.91 Å². The predicted octanol–water partition coefficient (Wildman–Crippen LogP) is 2.73. The van der Waals surface area contributed by atoms with Crippen molar-refractivity contribution in [3.8, 4) is 28.4 Å². The average Bonchev–Trinajstić information content (AvgIpc) is 2.61. The number of hydrogen-bond acceptors (Lipinski definition) is 5. The van der Waals surface area contributed by atoms with Gasteiger partial charge in [0, 0.05) is 0 Å². The first kappa shape index (κ1) is 15.8. The number of nitrogens with one attached hydrogen (secondary N) is 1. The molecule has 0 saturated carbocycles. The molecular weight excluding hydrogens is 322 g/mol. The Labute approximate surface area is 145 Å². The molecule has 2 N–H and O–H groups in total. The Morgan fingerprint density at radius 2 is 1.80 bits per heavy atom. The van der Waals surface area contributed by atoms with Crippen LogP contribution in [0, 0.1) is 0 Å². The van der Waals surface area contributed by atoms with Crippen molar-refractivity contribution in [2.75, 3.05) is 18.5 Å². The highest BCUT2D eigenvalue weighted by Crippen LogP contribution is 2.41. The number of carbonyl (C=O) groups is 1. The van der Waals surface area contributed by atoms with Gasteiger partial charge in [-0.1, -0.05) is 6.07 Å². The van der Waals surface area contributed by atoms with Crippen LogP contribution in [0.15, 0.2) is 30.3 Å². The summed E-state index contributed by atoms with van der Waals surface area (Å²) in [6, 6.07) is 9.21. The number of amides is 1. The van der Waals surface area contributed by atoms with E-state index < -0.39 is 5.60 Å². The molecule has 1 amide bonds. The maximum absolute atomic E-state index is 12.0. The second-order valence-corrected chi connectivity index (χ2v) is 6.59. The number of ether oxygens (including phenoxy) is 3. The van der Waals surface area contributed by atoms with E-state index in [0.29, 0.717) is 36.1 Å². The molecule has 2 aromatic rings. The number of aliphatic hydroxyl groups is 1. The van der Waals surface area contributed by atoms with E-state index in [9.17, 15) is 9.90 Å². The summed E-state index contributed by atoms with van der Waals surface area (Å²) in [5.41, 5.74) is 2.15. The minimum atomic E-state index is -0.932. The lowest BCUT2D eigenvalue weighted by Crippen LogP contribution is -2.45. The molecule has 0 atom stereocenters. The highest BCUT2D eigenvalue weighted by atomic mass is 16.6. The van der Waals surface area contributed by atoms with Crippen LogP contribution in [0.5, 0.6) is 17.2 Å². The third-order valence-corrected chi connectivity index (χ3v) is 4.39. The lowest BCUT2D eigenvalue weighted by Gasteiger charge is -2.32. The van der Waals surface area contributed by atoms with Gasteiger partial charge in [-0.05, 0) is 54.8 Å². The van der Waals surface area contributed by atoms with Gasteiger partial charge >= 0.3 is 0 Å². The van der Waals surface area contributed by atoms with Gasteiger partial charge < -0.3 is 24.6 Å². The van der Waals surface area contributed by atoms with Crippen LogP contribution in [0.3, 0.4) is 0 Å². The van der Waals surface area contributed by atoms with E-state index in [0.717, 1.165) is 16.7 Å². The molecule has 0 fully saturated rings. The minimum absolute atomic E-state index is 0.119. The van der Waals surface area contributed by atoms with Crippen molar-refractivity contribution >= 4 is 11.6 Å². The molecule has 0 radical (unpaired) electrons. The molecule has 6 nitrogen and oxygen atoms in total. The van der Waals surface area contributed by atoms with Gasteiger partial charge in [-0.15, -0.1) is 0 Å². The van der Waals surface area contributed by atoms with Gasteiger partial charge in [0.15, 0.2) is 17.1 Å². The second-order valence-electron chi connectivity index (χ2n) is 6.59. The fourth-order valence-corrected chi connectivity index (χ4v) is 3.00. The highest BCUT2D eigenvalue weighted by Gasteiger charge is 2.35. The Kier molecular flexibility index (Phi) is 3.58. The third kappa shape index (κ3) is 2.68. The number of carbonyl (C=O) groups excluding carboxylic acids is 1. The number of rotatable bonds is 2. The average molecular weight is 341 g/mol. The second kappa shape index (κ2) is 5.67. The Morgan fingerprint density at radius 1 is 1.08 bits per heavy atom. The molecule has 0 bridgehead atoms. The summed E-state index contributed by atoms with van der Waals surface area (Å²) < 4.78 is 17.1. The molecule has 0 unspecified atom stereocenters. The van der Waals surface area contributed by atoms with Crippen LogP contribution >= 0.6 is 0 Å². The summed E-state index contributed by atoms with van der Waals surface area (Å²) in [5.74, 6) is 1.72. The first-order valence-electron chi connectivity index (χ1n) is 8.16. The van der Waals surface area contributed by atoms with Crippen molar-refractivity contribution in [1.29, 1.82) is 0 Å². The minimum Gasteiger partial charge on any atom is -0.486 e. The topological polar surface area (TPSA) is 77.0 Å². The maximum atomic E-state index is 12.0. The lowest BCUT2D eigenvalue weighted by molar-refractivity contribution is -0.129. The molecule has 2 heterocycles. The monoisotopic (exact) mass is 341 g/mol. The summed E-state index contributed by atoms with van der Waals surface area (Å²) >= 11 is 0. The normalized spacial score (nSPS) is 17.3. The number of hydrogen-bond donors (Lipinski definition) is 2. The van der Waals surface area contributed by atoms with Crippen LogP contribution in [0.1, 0.15) is 19.4 Å². The van der Waals surface area contributed by atoms with Gasteiger partial charge in [0.05, 0.1) is 12.3 Å². The standard InChI is InChI=1S/C19H19NO5/c1-19(2)18(22)20-14-4-3-11(7-15(14)25-19)13-9-17-16(8-12(13)10-21)23-5-6-24-17/h3-4,7-9,21H,5-6,10H2,1-2H3,(H,20,22). The van der Waals surface area contributed by atoms with E-state index in [4.69, 9.17) is 14.2 Å². The SMILES string of the molecule is CC1(C)Oc2cc(-c3cc4c(cc3CO)OCCO4)ccc2NC1=O. The number of aliphatic hydroxyl groups excluding tert-OH is 1. The molecule has 130 valence electrons. The van der Waals surface area contributed by atoms with Crippen molar-refractivity contribution in [2.45, 2.75) is 26.1 Å². The van der Waals surface area contributed by atoms with Crippen LogP contribution in [0.4, 0.5) is 5.69 Å². The summed E-state index contributed by atoms with van der Waals surface area (Å²) in [7, 11) is 0. The van der Waals surface area contributed by atoms with Crippen molar-refractivity contribution in [2.24, 2.45) is 0 Å². The first-order chi connectivity index (χ1) is 12.0. The summed E-state index contributed by atoms with van der Waals surface area (Å²) in [4.78, 5) is 12.0. The van der Waals surface area contributed by atoms with Crippen LogP contribution in [-0.4, -0.2) is 29.8 Å². The molecular formula is C19H19NO5. The van der Waals surface area contributed by atoms with Gasteiger partial charge in [-0.2, -0.15) is 0 Å². The van der Waals surface area contributed by atoms with Crippen LogP contribution in [0.25, 0.3) is 11.1 Å². The van der Waals surface area contributed by atoms with Gasteiger partial charge in [-0.25, -0.2) is 0 Å². The molecule has 4 rings (SSSR count). The quantitative estimate of drug-likeness (QED) is 0.878. The van der Waals surface area contributed by atoms with E-state index in [2.05, 4.69) is 5.32 Å². The van der Waals surface area contributed by atoms with Crippen molar-refractivity contribution in [1.82, 2.24) is 0 Å². The zero-order valence-electron chi connectivity index (χ0n) is 14.1. The molecule has 6 heteroatoms. The Bertz CT molecular complexity index is 859.